The smallest absolute Gasteiger partial charge is 0.134 e. The first kappa shape index (κ1) is 15.9. The van der Waals surface area contributed by atoms with Crippen LogP contribution in [0, 0.1) is 10.6 Å². The van der Waals surface area contributed by atoms with Gasteiger partial charge >= 0.3 is 0 Å². The molecular weight excluding hydrogens is 280 g/mol. The summed E-state index contributed by atoms with van der Waals surface area (Å²) in [5.41, 5.74) is 3.47. The van der Waals surface area contributed by atoms with E-state index in [1.807, 2.05) is 13.0 Å². The highest BCUT2D eigenvalue weighted by Gasteiger charge is 2.04. The molecule has 0 saturated carbocycles. The Hall–Kier alpha value is -1.52. The maximum atomic E-state index is 5.40. The first-order chi connectivity index (χ1) is 10.1. The minimum atomic E-state index is 0.458. The summed E-state index contributed by atoms with van der Waals surface area (Å²) < 4.78 is 5.99. The number of nitrogens with zero attached hydrogens (tertiary/aromatic N) is 1. The third-order valence-corrected chi connectivity index (χ3v) is 3.33. The lowest BCUT2D eigenvalue weighted by molar-refractivity contribution is 0.128. The molecule has 0 unspecified atom stereocenters. The lowest BCUT2D eigenvalue weighted by Crippen LogP contribution is -2.01. The monoisotopic (exact) mass is 302 g/mol. The van der Waals surface area contributed by atoms with Crippen molar-refractivity contribution in [3.05, 3.63) is 46.4 Å². The summed E-state index contributed by atoms with van der Waals surface area (Å²) in [7, 11) is 0. The highest BCUT2D eigenvalue weighted by atomic mass is 32.1. The summed E-state index contributed by atoms with van der Waals surface area (Å²) >= 11 is 5.25. The van der Waals surface area contributed by atoms with Crippen LogP contribution < -0.4 is 0 Å². The van der Waals surface area contributed by atoms with Gasteiger partial charge in [-0.1, -0.05) is 44.3 Å². The highest BCUT2D eigenvalue weighted by molar-refractivity contribution is 7.71. The van der Waals surface area contributed by atoms with Crippen LogP contribution in [-0.4, -0.2) is 16.6 Å². The SMILES string of the molecule is CCOCc1nc(=S)cc(-c2cccc(CC(C)C)c2)[nH]1. The summed E-state index contributed by atoms with van der Waals surface area (Å²) in [4.78, 5) is 7.62. The summed E-state index contributed by atoms with van der Waals surface area (Å²) in [6.07, 6.45) is 1.07. The van der Waals surface area contributed by atoms with Crippen LogP contribution in [0.5, 0.6) is 0 Å². The van der Waals surface area contributed by atoms with Crippen LogP contribution >= 0.6 is 12.2 Å². The number of aromatic nitrogens is 2. The Morgan fingerprint density at radius 3 is 2.81 bits per heavy atom. The fraction of sp³-hybridized carbons (Fsp3) is 0.412. The van der Waals surface area contributed by atoms with Crippen molar-refractivity contribution in [1.29, 1.82) is 0 Å². The molecule has 0 fully saturated rings. The second kappa shape index (κ2) is 7.48. The Morgan fingerprint density at radius 1 is 1.29 bits per heavy atom. The molecule has 1 heterocycles. The normalized spacial score (nSPS) is 11.0. The molecule has 1 aromatic carbocycles. The van der Waals surface area contributed by atoms with Gasteiger partial charge < -0.3 is 9.72 Å². The van der Waals surface area contributed by atoms with Crippen molar-refractivity contribution in [2.75, 3.05) is 6.61 Å². The second-order valence-electron chi connectivity index (χ2n) is 5.52. The Labute approximate surface area is 131 Å². The van der Waals surface area contributed by atoms with E-state index in [2.05, 4.69) is 48.1 Å². The van der Waals surface area contributed by atoms with Crippen LogP contribution in [0.1, 0.15) is 32.2 Å². The van der Waals surface area contributed by atoms with Crippen LogP contribution in [-0.2, 0) is 17.8 Å². The fourth-order valence-corrected chi connectivity index (χ4v) is 2.50. The van der Waals surface area contributed by atoms with Gasteiger partial charge in [0.1, 0.15) is 17.1 Å². The largest absolute Gasteiger partial charge is 0.374 e. The van der Waals surface area contributed by atoms with Crippen molar-refractivity contribution in [1.82, 2.24) is 9.97 Å². The number of nitrogens with one attached hydrogen (secondary N) is 1. The van der Waals surface area contributed by atoms with E-state index in [0.717, 1.165) is 23.5 Å². The fourth-order valence-electron chi connectivity index (χ4n) is 2.27. The number of benzene rings is 1. The molecule has 1 aromatic heterocycles. The van der Waals surface area contributed by atoms with E-state index in [1.54, 1.807) is 0 Å². The predicted molar refractivity (Wildman–Crippen MR) is 88.7 cm³/mol. The van der Waals surface area contributed by atoms with Crippen LogP contribution in [0.2, 0.25) is 0 Å². The Morgan fingerprint density at radius 2 is 2.10 bits per heavy atom. The molecular formula is C17H22N2OS. The predicted octanol–water partition coefficient (Wildman–Crippen LogP) is 4.54. The number of rotatable bonds is 6. The van der Waals surface area contributed by atoms with Crippen molar-refractivity contribution < 1.29 is 4.74 Å². The number of ether oxygens (including phenoxy) is 1. The van der Waals surface area contributed by atoms with Gasteiger partial charge in [0, 0.05) is 12.3 Å². The quantitative estimate of drug-likeness (QED) is 0.796. The maximum absolute atomic E-state index is 5.40. The third-order valence-electron chi connectivity index (χ3n) is 3.12. The third kappa shape index (κ3) is 4.76. The van der Waals surface area contributed by atoms with Crippen LogP contribution in [0.3, 0.4) is 0 Å². The molecule has 2 aromatic rings. The molecule has 0 aliphatic heterocycles. The molecule has 0 amide bonds. The summed E-state index contributed by atoms with van der Waals surface area (Å²) in [5.74, 6) is 1.42. The van der Waals surface area contributed by atoms with Gasteiger partial charge in [0.2, 0.25) is 0 Å². The Balaban J connectivity index is 2.32. The van der Waals surface area contributed by atoms with E-state index in [1.165, 1.54) is 5.56 Å². The van der Waals surface area contributed by atoms with E-state index >= 15 is 0 Å². The van der Waals surface area contributed by atoms with E-state index < -0.39 is 0 Å². The molecule has 0 atom stereocenters. The molecule has 0 aliphatic carbocycles. The van der Waals surface area contributed by atoms with Crippen molar-refractivity contribution in [2.45, 2.75) is 33.8 Å². The lowest BCUT2D eigenvalue weighted by Gasteiger charge is -2.09. The first-order valence-electron chi connectivity index (χ1n) is 7.35. The zero-order chi connectivity index (χ0) is 15.2. The average Bonchev–Trinajstić information content (AvgIpc) is 2.44. The Bertz CT molecular complexity index is 649. The van der Waals surface area contributed by atoms with Gasteiger partial charge in [0.15, 0.2) is 0 Å². The van der Waals surface area contributed by atoms with E-state index in [9.17, 15) is 0 Å². The van der Waals surface area contributed by atoms with E-state index in [4.69, 9.17) is 17.0 Å². The maximum Gasteiger partial charge on any atom is 0.134 e. The van der Waals surface area contributed by atoms with Crippen LogP contribution in [0.15, 0.2) is 30.3 Å². The number of hydrogen-bond donors (Lipinski definition) is 1. The van der Waals surface area contributed by atoms with Crippen molar-refractivity contribution >= 4 is 12.2 Å². The Kier molecular flexibility index (Phi) is 5.65. The zero-order valence-corrected chi connectivity index (χ0v) is 13.7. The van der Waals surface area contributed by atoms with Gasteiger partial charge in [0.25, 0.3) is 0 Å². The van der Waals surface area contributed by atoms with Gasteiger partial charge in [-0.3, -0.25) is 0 Å². The van der Waals surface area contributed by atoms with Crippen molar-refractivity contribution in [3.63, 3.8) is 0 Å². The van der Waals surface area contributed by atoms with Gasteiger partial charge in [0.05, 0.1) is 0 Å². The molecule has 0 aliphatic rings. The molecule has 21 heavy (non-hydrogen) atoms. The first-order valence-corrected chi connectivity index (χ1v) is 7.76. The highest BCUT2D eigenvalue weighted by Crippen LogP contribution is 2.20. The minimum absolute atomic E-state index is 0.458. The van der Waals surface area contributed by atoms with Crippen LogP contribution in [0.25, 0.3) is 11.3 Å². The molecule has 0 spiro atoms. The average molecular weight is 302 g/mol. The minimum Gasteiger partial charge on any atom is -0.374 e. The van der Waals surface area contributed by atoms with Crippen molar-refractivity contribution in [2.24, 2.45) is 5.92 Å². The van der Waals surface area contributed by atoms with Gasteiger partial charge in [-0.2, -0.15) is 0 Å². The molecule has 4 heteroatoms. The zero-order valence-electron chi connectivity index (χ0n) is 12.8. The lowest BCUT2D eigenvalue weighted by atomic mass is 10.00. The number of aromatic amines is 1. The molecule has 1 N–H and O–H groups in total. The molecule has 2 rings (SSSR count). The molecule has 112 valence electrons. The van der Waals surface area contributed by atoms with Gasteiger partial charge in [-0.15, -0.1) is 0 Å². The molecule has 3 nitrogen and oxygen atoms in total. The summed E-state index contributed by atoms with van der Waals surface area (Å²) in [6.45, 7) is 7.55. The van der Waals surface area contributed by atoms with Gasteiger partial charge in [-0.05, 0) is 42.5 Å². The summed E-state index contributed by atoms with van der Waals surface area (Å²) in [6, 6.07) is 10.5. The van der Waals surface area contributed by atoms with Crippen molar-refractivity contribution in [3.8, 4) is 11.3 Å². The number of H-pyrrole nitrogens is 1. The molecule has 0 saturated heterocycles. The number of hydrogen-bond acceptors (Lipinski definition) is 3. The summed E-state index contributed by atoms with van der Waals surface area (Å²) in [5, 5.41) is 0. The second-order valence-corrected chi connectivity index (χ2v) is 5.93. The van der Waals surface area contributed by atoms with Crippen LogP contribution in [0.4, 0.5) is 0 Å². The van der Waals surface area contributed by atoms with Gasteiger partial charge in [-0.25, -0.2) is 4.98 Å². The van der Waals surface area contributed by atoms with E-state index in [0.29, 0.717) is 23.8 Å². The molecule has 0 bridgehead atoms. The standard InChI is InChI=1S/C17H22N2OS/c1-4-20-11-16-18-15(10-17(21)19-16)14-7-5-6-13(9-14)8-12(2)3/h5-7,9-10,12H,4,8,11H2,1-3H3,(H,18,19,21). The van der Waals surface area contributed by atoms with E-state index in [-0.39, 0.29) is 0 Å². The molecule has 0 radical (unpaired) electrons. The topological polar surface area (TPSA) is 37.9 Å².